The summed E-state index contributed by atoms with van der Waals surface area (Å²) in [6.45, 7) is 0. The Balaban J connectivity index is 0.991. The van der Waals surface area contributed by atoms with E-state index >= 15 is 0 Å². The van der Waals surface area contributed by atoms with E-state index in [1.54, 1.807) is 60.7 Å². The number of imide groups is 1. The number of carbonyl (C=O) groups excluding carboxylic acids is 6. The van der Waals surface area contributed by atoms with E-state index in [1.165, 1.54) is 54.6 Å². The highest BCUT2D eigenvalue weighted by Crippen LogP contribution is 2.30. The van der Waals surface area contributed by atoms with Crippen LogP contribution < -0.4 is 15.5 Å². The van der Waals surface area contributed by atoms with Crippen molar-refractivity contribution in [3.63, 3.8) is 0 Å². The summed E-state index contributed by atoms with van der Waals surface area (Å²) in [5, 5.41) is 5.54. The maximum atomic E-state index is 13.5. The molecule has 0 aliphatic carbocycles. The number of anilines is 3. The van der Waals surface area contributed by atoms with Crippen LogP contribution in [0.5, 0.6) is 0 Å². The lowest BCUT2D eigenvalue weighted by molar-refractivity contribution is 0.0923. The molecule has 4 amide bonds. The number of allylic oxidation sites excluding steroid dienone is 2. The Morgan fingerprint density at radius 1 is 0.436 bits per heavy atom. The van der Waals surface area contributed by atoms with Gasteiger partial charge in [0, 0.05) is 33.6 Å². The van der Waals surface area contributed by atoms with E-state index in [0.717, 1.165) is 16.0 Å². The van der Waals surface area contributed by atoms with Crippen LogP contribution in [0.25, 0.3) is 12.2 Å². The number of hydrogen-bond acceptors (Lipinski definition) is 6. The number of ketones is 2. The van der Waals surface area contributed by atoms with E-state index in [1.807, 2.05) is 60.7 Å². The fourth-order valence-corrected chi connectivity index (χ4v) is 5.95. The Morgan fingerprint density at radius 3 is 1.44 bits per heavy atom. The van der Waals surface area contributed by atoms with Gasteiger partial charge in [0.05, 0.1) is 16.8 Å². The van der Waals surface area contributed by atoms with Crippen molar-refractivity contribution in [1.82, 2.24) is 0 Å². The van der Waals surface area contributed by atoms with Crippen molar-refractivity contribution in [1.29, 1.82) is 0 Å². The van der Waals surface area contributed by atoms with Crippen LogP contribution in [0, 0.1) is 0 Å². The highest BCUT2D eigenvalue weighted by Gasteiger charge is 2.37. The molecule has 0 saturated heterocycles. The molecular weight excluding hydrogens is 691 g/mol. The van der Waals surface area contributed by atoms with Gasteiger partial charge in [-0.15, -0.1) is 0 Å². The van der Waals surface area contributed by atoms with Crippen molar-refractivity contribution in [2.24, 2.45) is 0 Å². The lowest BCUT2D eigenvalue weighted by atomic mass is 10.0. The highest BCUT2D eigenvalue weighted by molar-refractivity contribution is 6.35. The van der Waals surface area contributed by atoms with Crippen molar-refractivity contribution < 1.29 is 28.8 Å². The molecule has 0 radical (unpaired) electrons. The summed E-state index contributed by atoms with van der Waals surface area (Å²) in [6.07, 6.45) is 6.37. The Kier molecular flexibility index (Phi) is 10.3. The SMILES string of the molecule is O=C(/C=C/c1ccccc1)c1cccc(NC(=O)c2ccc(N3C(=O)c4ccc(C(=O)Nc5cccc(C(=O)/C=C/c6ccccc6)c5)cc4C3=O)cc2)c1. The molecule has 1 aliphatic rings. The Bertz CT molecular complexity index is 2540. The molecule has 0 saturated carbocycles. The van der Waals surface area contributed by atoms with E-state index in [-0.39, 0.29) is 39.5 Å². The molecule has 0 fully saturated rings. The van der Waals surface area contributed by atoms with Crippen LogP contribution in [0.15, 0.2) is 164 Å². The third kappa shape index (κ3) is 8.16. The molecule has 2 N–H and O–H groups in total. The summed E-state index contributed by atoms with van der Waals surface area (Å²) in [4.78, 5) is 79.7. The molecule has 1 heterocycles. The lowest BCUT2D eigenvalue weighted by Crippen LogP contribution is -2.29. The van der Waals surface area contributed by atoms with Crippen molar-refractivity contribution in [2.45, 2.75) is 0 Å². The molecule has 0 aromatic heterocycles. The van der Waals surface area contributed by atoms with Crippen molar-refractivity contribution >= 4 is 64.4 Å². The molecule has 6 aromatic rings. The zero-order valence-electron chi connectivity index (χ0n) is 29.1. The molecule has 0 atom stereocenters. The molecular formula is C46H31N3O6. The first-order chi connectivity index (χ1) is 26.7. The van der Waals surface area contributed by atoms with E-state index in [4.69, 9.17) is 0 Å². The molecule has 0 bridgehead atoms. The summed E-state index contributed by atoms with van der Waals surface area (Å²) < 4.78 is 0. The minimum atomic E-state index is -0.618. The minimum Gasteiger partial charge on any atom is -0.322 e. The average molecular weight is 722 g/mol. The molecule has 55 heavy (non-hydrogen) atoms. The fraction of sp³-hybridized carbons (Fsp3) is 0. The number of carbonyl (C=O) groups is 6. The van der Waals surface area contributed by atoms with Crippen LogP contribution in [0.2, 0.25) is 0 Å². The summed E-state index contributed by atoms with van der Waals surface area (Å²) >= 11 is 0. The summed E-state index contributed by atoms with van der Waals surface area (Å²) in [5.74, 6) is -2.62. The van der Waals surface area contributed by atoms with Gasteiger partial charge in [0.25, 0.3) is 23.6 Å². The minimum absolute atomic E-state index is 0.0579. The maximum Gasteiger partial charge on any atom is 0.266 e. The lowest BCUT2D eigenvalue weighted by Gasteiger charge is -2.14. The van der Waals surface area contributed by atoms with Gasteiger partial charge in [0.15, 0.2) is 11.6 Å². The summed E-state index contributed by atoms with van der Waals surface area (Å²) in [7, 11) is 0. The molecule has 9 nitrogen and oxygen atoms in total. The number of nitrogens with zero attached hydrogens (tertiary/aromatic N) is 1. The van der Waals surface area contributed by atoms with Crippen molar-refractivity contribution in [2.75, 3.05) is 15.5 Å². The van der Waals surface area contributed by atoms with Gasteiger partial charge in [0.2, 0.25) is 0 Å². The van der Waals surface area contributed by atoms with E-state index in [2.05, 4.69) is 10.6 Å². The molecule has 1 aliphatic heterocycles. The molecule has 0 spiro atoms. The summed E-state index contributed by atoms with van der Waals surface area (Å²) in [5.41, 5.74) is 4.20. The zero-order valence-corrected chi connectivity index (χ0v) is 29.1. The van der Waals surface area contributed by atoms with Crippen LogP contribution in [0.3, 0.4) is 0 Å². The molecule has 266 valence electrons. The first kappa shape index (κ1) is 35.6. The number of hydrogen-bond donors (Lipinski definition) is 2. The monoisotopic (exact) mass is 721 g/mol. The first-order valence-corrected chi connectivity index (χ1v) is 17.2. The van der Waals surface area contributed by atoms with E-state index in [0.29, 0.717) is 22.5 Å². The Hall–Kier alpha value is -7.78. The second kappa shape index (κ2) is 15.9. The van der Waals surface area contributed by atoms with Gasteiger partial charge in [-0.1, -0.05) is 97.1 Å². The van der Waals surface area contributed by atoms with Crippen molar-refractivity contribution in [3.8, 4) is 0 Å². The van der Waals surface area contributed by atoms with Gasteiger partial charge in [0.1, 0.15) is 0 Å². The Labute approximate surface area is 316 Å². The number of benzene rings is 6. The van der Waals surface area contributed by atoms with Crippen LogP contribution in [0.1, 0.15) is 73.3 Å². The van der Waals surface area contributed by atoms with Crippen LogP contribution in [-0.4, -0.2) is 35.2 Å². The predicted molar refractivity (Wildman–Crippen MR) is 212 cm³/mol. The van der Waals surface area contributed by atoms with Gasteiger partial charge in [-0.25, -0.2) is 4.90 Å². The second-order valence-electron chi connectivity index (χ2n) is 12.5. The average Bonchev–Trinajstić information content (AvgIpc) is 3.47. The van der Waals surface area contributed by atoms with E-state index < -0.39 is 23.6 Å². The molecule has 9 heteroatoms. The quantitative estimate of drug-likeness (QED) is 0.0782. The van der Waals surface area contributed by atoms with Gasteiger partial charge in [-0.05, 0) is 90.0 Å². The number of amides is 4. The van der Waals surface area contributed by atoms with Gasteiger partial charge < -0.3 is 10.6 Å². The smallest absolute Gasteiger partial charge is 0.266 e. The third-order valence-corrected chi connectivity index (χ3v) is 8.80. The zero-order chi connectivity index (χ0) is 38.3. The third-order valence-electron chi connectivity index (χ3n) is 8.80. The van der Waals surface area contributed by atoms with Crippen LogP contribution >= 0.6 is 0 Å². The number of fused-ring (bicyclic) bond motifs is 1. The van der Waals surface area contributed by atoms with Crippen LogP contribution in [0.4, 0.5) is 17.1 Å². The largest absolute Gasteiger partial charge is 0.322 e. The first-order valence-electron chi connectivity index (χ1n) is 17.2. The normalized spacial score (nSPS) is 12.2. The molecule has 7 rings (SSSR count). The van der Waals surface area contributed by atoms with Crippen LogP contribution in [-0.2, 0) is 0 Å². The molecule has 6 aromatic carbocycles. The predicted octanol–water partition coefficient (Wildman–Crippen LogP) is 8.78. The standard InChI is InChI=1S/C46H31N3O6/c50-41(25-17-30-9-3-1-4-10-30)33-13-7-15-36(27-33)47-43(52)32-19-22-38(23-20-32)49-45(54)39-24-21-35(29-40(39)46(49)55)44(53)48-37-16-8-14-34(28-37)42(51)26-18-31-11-5-2-6-12-31/h1-29H,(H,47,52)(H,48,53)/b25-17+,26-18+. The number of rotatable bonds is 11. The fourth-order valence-electron chi connectivity index (χ4n) is 5.95. The van der Waals surface area contributed by atoms with Gasteiger partial charge in [-0.3, -0.25) is 28.8 Å². The highest BCUT2D eigenvalue weighted by atomic mass is 16.2. The molecule has 0 unspecified atom stereocenters. The topological polar surface area (TPSA) is 130 Å². The van der Waals surface area contributed by atoms with Crippen molar-refractivity contribution in [3.05, 3.63) is 208 Å². The number of nitrogens with one attached hydrogen (secondary N) is 2. The second-order valence-corrected chi connectivity index (χ2v) is 12.5. The maximum absolute atomic E-state index is 13.5. The van der Waals surface area contributed by atoms with E-state index in [9.17, 15) is 28.8 Å². The van der Waals surface area contributed by atoms with Gasteiger partial charge >= 0.3 is 0 Å². The summed E-state index contributed by atoms with van der Waals surface area (Å²) in [6, 6.07) is 42.1. The Morgan fingerprint density at radius 2 is 0.909 bits per heavy atom. The van der Waals surface area contributed by atoms with Gasteiger partial charge in [-0.2, -0.15) is 0 Å².